The Kier molecular flexibility index (Phi) is 11.0. The van der Waals surface area contributed by atoms with Crippen molar-refractivity contribution in [1.82, 2.24) is 20.4 Å². The Hall–Kier alpha value is -4.50. The van der Waals surface area contributed by atoms with Crippen molar-refractivity contribution in [2.24, 2.45) is 5.92 Å². The molecule has 1 aliphatic carbocycles. The molecule has 3 aromatic carbocycles. The lowest BCUT2D eigenvalue weighted by atomic mass is 9.83. The standard InChI is InChI=1S/C36H43N5O4/c1-26(31-17-8-11-27-10-5-6-16-32(27)31)40-22-19-30(20-23-40)41(36(45)28-12-7-13-28)25-35(44)38-24-34(43)37-21-9-18-33(42)39-29-14-3-2-4-15-29/h2-6,8-11,14-18,26,28,30H,7,12-13,19-25H2,1H3,(H,37,43)(H,38,44)(H,39,42). The van der Waals surface area contributed by atoms with E-state index in [1.54, 1.807) is 23.1 Å². The lowest BCUT2D eigenvalue weighted by molar-refractivity contribution is -0.145. The van der Waals surface area contributed by atoms with Crippen molar-refractivity contribution in [3.05, 3.63) is 90.5 Å². The molecule has 1 saturated heterocycles. The Bertz CT molecular complexity index is 1510. The zero-order valence-electron chi connectivity index (χ0n) is 25.9. The molecule has 0 spiro atoms. The highest BCUT2D eigenvalue weighted by Crippen LogP contribution is 2.33. The lowest BCUT2D eigenvalue weighted by Gasteiger charge is -2.42. The number of carbonyl (C=O) groups excluding carboxylic acids is 4. The predicted molar refractivity (Wildman–Crippen MR) is 176 cm³/mol. The first kappa shape index (κ1) is 31.9. The molecule has 2 aliphatic rings. The maximum absolute atomic E-state index is 13.4. The van der Waals surface area contributed by atoms with Crippen LogP contribution in [0.3, 0.4) is 0 Å². The van der Waals surface area contributed by atoms with Crippen LogP contribution in [0.25, 0.3) is 10.8 Å². The van der Waals surface area contributed by atoms with Gasteiger partial charge >= 0.3 is 0 Å². The van der Waals surface area contributed by atoms with E-state index in [0.29, 0.717) is 5.69 Å². The molecule has 45 heavy (non-hydrogen) atoms. The molecule has 0 bridgehead atoms. The van der Waals surface area contributed by atoms with Crippen molar-refractivity contribution in [1.29, 1.82) is 0 Å². The van der Waals surface area contributed by atoms with Crippen LogP contribution in [0, 0.1) is 5.92 Å². The van der Waals surface area contributed by atoms with Crippen LogP contribution < -0.4 is 16.0 Å². The van der Waals surface area contributed by atoms with E-state index in [9.17, 15) is 19.2 Å². The zero-order chi connectivity index (χ0) is 31.6. The summed E-state index contributed by atoms with van der Waals surface area (Å²) in [6.45, 7) is 3.82. The third-order valence-corrected chi connectivity index (χ3v) is 8.99. The number of hydrogen-bond donors (Lipinski definition) is 3. The third-order valence-electron chi connectivity index (χ3n) is 8.99. The molecule has 1 unspecified atom stereocenters. The van der Waals surface area contributed by atoms with Crippen molar-refractivity contribution in [2.45, 2.75) is 51.1 Å². The molecule has 9 heteroatoms. The van der Waals surface area contributed by atoms with Gasteiger partial charge in [-0.15, -0.1) is 0 Å². The van der Waals surface area contributed by atoms with Gasteiger partial charge in [-0.25, -0.2) is 0 Å². The van der Waals surface area contributed by atoms with Crippen LogP contribution in [0.1, 0.15) is 50.6 Å². The molecule has 3 aromatic rings. The van der Waals surface area contributed by atoms with Gasteiger partial charge in [-0.05, 0) is 61.1 Å². The normalized spacial score (nSPS) is 16.6. The fourth-order valence-electron chi connectivity index (χ4n) is 6.17. The van der Waals surface area contributed by atoms with Crippen LogP contribution in [-0.2, 0) is 19.2 Å². The number of nitrogens with one attached hydrogen (secondary N) is 3. The Balaban J connectivity index is 1.09. The summed E-state index contributed by atoms with van der Waals surface area (Å²) >= 11 is 0. The van der Waals surface area contributed by atoms with E-state index in [4.69, 9.17) is 0 Å². The first-order chi connectivity index (χ1) is 21.9. The molecule has 5 rings (SSSR count). The van der Waals surface area contributed by atoms with Gasteiger partial charge in [0.25, 0.3) is 0 Å². The van der Waals surface area contributed by atoms with E-state index >= 15 is 0 Å². The van der Waals surface area contributed by atoms with E-state index < -0.39 is 0 Å². The molecule has 1 saturated carbocycles. The lowest BCUT2D eigenvalue weighted by Crippen LogP contribution is -2.53. The molecular formula is C36H43N5O4. The van der Waals surface area contributed by atoms with E-state index in [2.05, 4.69) is 70.2 Å². The van der Waals surface area contributed by atoms with E-state index in [1.165, 1.54) is 22.4 Å². The zero-order valence-corrected chi connectivity index (χ0v) is 25.9. The number of anilines is 1. The number of fused-ring (bicyclic) bond motifs is 1. The fraction of sp³-hybridized carbons (Fsp3) is 0.389. The Morgan fingerprint density at radius 1 is 0.867 bits per heavy atom. The van der Waals surface area contributed by atoms with Gasteiger partial charge in [0.05, 0.1) is 13.1 Å². The highest BCUT2D eigenvalue weighted by Gasteiger charge is 2.36. The number of para-hydroxylation sites is 1. The number of piperidine rings is 1. The summed E-state index contributed by atoms with van der Waals surface area (Å²) in [6, 6.07) is 24.2. The van der Waals surface area contributed by atoms with Gasteiger partial charge in [0.2, 0.25) is 23.6 Å². The van der Waals surface area contributed by atoms with Gasteiger partial charge in [0, 0.05) is 49.4 Å². The average Bonchev–Trinajstić information content (AvgIpc) is 3.04. The maximum atomic E-state index is 13.4. The molecule has 1 heterocycles. The number of amides is 4. The van der Waals surface area contributed by atoms with E-state index in [1.807, 2.05) is 18.2 Å². The summed E-state index contributed by atoms with van der Waals surface area (Å²) < 4.78 is 0. The first-order valence-corrected chi connectivity index (χ1v) is 16.0. The number of likely N-dealkylation sites (tertiary alicyclic amines) is 1. The smallest absolute Gasteiger partial charge is 0.248 e. The Morgan fingerprint density at radius 3 is 2.31 bits per heavy atom. The minimum Gasteiger partial charge on any atom is -0.351 e. The van der Waals surface area contributed by atoms with Gasteiger partial charge in [0.1, 0.15) is 0 Å². The Morgan fingerprint density at radius 2 is 1.58 bits per heavy atom. The minimum atomic E-state index is -0.371. The quantitative estimate of drug-likeness (QED) is 0.264. The minimum absolute atomic E-state index is 0.0131. The summed E-state index contributed by atoms with van der Waals surface area (Å²) in [5, 5.41) is 10.6. The topological polar surface area (TPSA) is 111 Å². The largest absolute Gasteiger partial charge is 0.351 e. The number of carbonyl (C=O) groups is 4. The summed E-state index contributed by atoms with van der Waals surface area (Å²) in [7, 11) is 0. The van der Waals surface area contributed by atoms with Crippen molar-refractivity contribution in [2.75, 3.05) is 38.0 Å². The SMILES string of the molecule is CC(c1cccc2ccccc12)N1CCC(N(CC(=O)NCC(=O)NCC=CC(=O)Nc2ccccc2)C(=O)C2CCC2)CC1. The average molecular weight is 610 g/mol. The second-order valence-electron chi connectivity index (χ2n) is 11.9. The molecule has 9 nitrogen and oxygen atoms in total. The molecule has 0 aromatic heterocycles. The number of nitrogens with zero attached hydrogens (tertiary/aromatic N) is 2. The molecule has 1 atom stereocenters. The molecular weight excluding hydrogens is 566 g/mol. The molecule has 1 aliphatic heterocycles. The fourth-order valence-corrected chi connectivity index (χ4v) is 6.17. The van der Waals surface area contributed by atoms with Gasteiger partial charge in [-0.2, -0.15) is 0 Å². The first-order valence-electron chi connectivity index (χ1n) is 16.0. The summed E-state index contributed by atoms with van der Waals surface area (Å²) in [5.74, 6) is -0.972. The van der Waals surface area contributed by atoms with Gasteiger partial charge in [0.15, 0.2) is 0 Å². The highest BCUT2D eigenvalue weighted by atomic mass is 16.2. The van der Waals surface area contributed by atoms with Gasteiger partial charge in [-0.3, -0.25) is 24.1 Å². The molecule has 4 amide bonds. The van der Waals surface area contributed by atoms with Gasteiger partial charge < -0.3 is 20.9 Å². The van der Waals surface area contributed by atoms with E-state index in [0.717, 1.165) is 45.2 Å². The molecule has 0 radical (unpaired) electrons. The molecule has 236 valence electrons. The van der Waals surface area contributed by atoms with Crippen LogP contribution in [0.5, 0.6) is 0 Å². The van der Waals surface area contributed by atoms with Crippen molar-refractivity contribution in [3.63, 3.8) is 0 Å². The highest BCUT2D eigenvalue weighted by molar-refractivity contribution is 5.99. The second kappa shape index (κ2) is 15.5. The summed E-state index contributed by atoms with van der Waals surface area (Å²) in [4.78, 5) is 54.9. The van der Waals surface area contributed by atoms with Crippen molar-refractivity contribution < 1.29 is 19.2 Å². The van der Waals surface area contributed by atoms with E-state index in [-0.39, 0.29) is 61.3 Å². The number of hydrogen-bond acceptors (Lipinski definition) is 5. The Labute approximate surface area is 265 Å². The third kappa shape index (κ3) is 8.57. The van der Waals surface area contributed by atoms with Crippen LogP contribution in [0.4, 0.5) is 5.69 Å². The number of benzene rings is 3. The molecule has 3 N–H and O–H groups in total. The van der Waals surface area contributed by atoms with Crippen molar-refractivity contribution in [3.8, 4) is 0 Å². The van der Waals surface area contributed by atoms with Crippen molar-refractivity contribution >= 4 is 40.1 Å². The monoisotopic (exact) mass is 609 g/mol. The summed E-state index contributed by atoms with van der Waals surface area (Å²) in [6.07, 6.45) is 7.27. The van der Waals surface area contributed by atoms with Gasteiger partial charge in [-0.1, -0.05) is 73.2 Å². The predicted octanol–water partition coefficient (Wildman–Crippen LogP) is 4.42. The van der Waals surface area contributed by atoms with Crippen LogP contribution >= 0.6 is 0 Å². The molecule has 2 fully saturated rings. The van der Waals surface area contributed by atoms with Crippen LogP contribution in [0.15, 0.2) is 84.9 Å². The van der Waals surface area contributed by atoms with Crippen LogP contribution in [-0.4, -0.2) is 72.2 Å². The second-order valence-corrected chi connectivity index (χ2v) is 11.9. The number of rotatable bonds is 12. The summed E-state index contributed by atoms with van der Waals surface area (Å²) in [5.41, 5.74) is 1.99. The van der Waals surface area contributed by atoms with Crippen LogP contribution in [0.2, 0.25) is 0 Å². The maximum Gasteiger partial charge on any atom is 0.248 e.